The first kappa shape index (κ1) is 20.5. The maximum absolute atomic E-state index is 9.08. The number of aliphatic hydroxyl groups excluding tert-OH is 1. The van der Waals surface area contributed by atoms with E-state index in [-0.39, 0.29) is 18.5 Å². The lowest BCUT2D eigenvalue weighted by Crippen LogP contribution is -3.00. The average Bonchev–Trinajstić information content (AvgIpc) is 2.30. The molecule has 0 aromatic carbocycles. The Morgan fingerprint density at radius 2 is 1.28 bits per heavy atom. The number of hydrogen-bond donors (Lipinski definition) is 2. The fourth-order valence-electron chi connectivity index (χ4n) is 2.14. The monoisotopic (exact) mass is 279 g/mol. The molecule has 0 aromatic heterocycles. The number of halogens is 1. The van der Waals surface area contributed by atoms with E-state index in [9.17, 15) is 0 Å². The fourth-order valence-corrected chi connectivity index (χ4v) is 2.14. The van der Waals surface area contributed by atoms with Gasteiger partial charge in [-0.1, -0.05) is 58.3 Å². The van der Waals surface area contributed by atoms with E-state index in [1.54, 1.807) is 0 Å². The number of aliphatic hydroxyl groups is 1. The Labute approximate surface area is 120 Å². The van der Waals surface area contributed by atoms with Crippen LogP contribution in [-0.4, -0.2) is 24.3 Å². The lowest BCUT2D eigenvalue weighted by molar-refractivity contribution is -0.660. The third-order valence-electron chi connectivity index (χ3n) is 3.27. The molecule has 0 bridgehead atoms. The van der Waals surface area contributed by atoms with Gasteiger partial charge in [0, 0.05) is 0 Å². The van der Waals surface area contributed by atoms with E-state index >= 15 is 0 Å². The van der Waals surface area contributed by atoms with Gasteiger partial charge in [-0.3, -0.25) is 0 Å². The van der Waals surface area contributed by atoms with E-state index in [1.807, 2.05) is 6.92 Å². The van der Waals surface area contributed by atoms with Crippen molar-refractivity contribution in [2.45, 2.75) is 84.2 Å². The number of unbranched alkanes of at least 4 members (excludes halogenated alkanes) is 9. The third kappa shape index (κ3) is 18.6. The van der Waals surface area contributed by atoms with E-state index in [2.05, 4.69) is 12.2 Å². The van der Waals surface area contributed by atoms with Crippen LogP contribution in [0, 0.1) is 0 Å². The Morgan fingerprint density at radius 1 is 0.833 bits per heavy atom. The van der Waals surface area contributed by atoms with Crippen LogP contribution in [0.15, 0.2) is 0 Å². The van der Waals surface area contributed by atoms with Crippen LogP contribution in [-0.2, 0) is 0 Å². The highest BCUT2D eigenvalue weighted by Crippen LogP contribution is 2.09. The minimum Gasteiger partial charge on any atom is -1.00 e. The highest BCUT2D eigenvalue weighted by Gasteiger charge is 1.97. The van der Waals surface area contributed by atoms with Crippen molar-refractivity contribution in [1.29, 1.82) is 0 Å². The van der Waals surface area contributed by atoms with E-state index in [4.69, 9.17) is 5.11 Å². The van der Waals surface area contributed by atoms with Crippen LogP contribution in [0.2, 0.25) is 0 Å². The van der Waals surface area contributed by atoms with Gasteiger partial charge in [0.2, 0.25) is 0 Å². The molecule has 0 saturated heterocycles. The topological polar surface area (TPSA) is 36.8 Å². The summed E-state index contributed by atoms with van der Waals surface area (Å²) in [5, 5.41) is 11.3. The lowest BCUT2D eigenvalue weighted by atomic mass is 10.1. The molecule has 1 atom stereocenters. The van der Waals surface area contributed by atoms with Crippen LogP contribution < -0.4 is 17.7 Å². The third-order valence-corrected chi connectivity index (χ3v) is 3.27. The molecule has 1 unspecified atom stereocenters. The molecular formula is C15H34ClNO. The molecule has 0 aliphatic carbocycles. The maximum Gasteiger partial charge on any atom is 0.102 e. The van der Waals surface area contributed by atoms with Gasteiger partial charge in [-0.25, -0.2) is 0 Å². The van der Waals surface area contributed by atoms with Crippen molar-refractivity contribution in [1.82, 2.24) is 0 Å². The standard InChI is InChI=1S/C15H33NO.ClH/c1-3-4-5-6-7-8-9-10-11-12-13-16-14-15(2)17;/h15-17H,3-14H2,1-2H3;1H. The largest absolute Gasteiger partial charge is 1.00 e. The van der Waals surface area contributed by atoms with Gasteiger partial charge in [-0.2, -0.15) is 0 Å². The molecule has 0 heterocycles. The van der Waals surface area contributed by atoms with Crippen molar-refractivity contribution < 1.29 is 22.8 Å². The SMILES string of the molecule is CCCCCCCCCCCC[NH2+]CC(C)O.[Cl-]. The van der Waals surface area contributed by atoms with E-state index < -0.39 is 0 Å². The second-order valence-electron chi connectivity index (χ2n) is 5.34. The molecular weight excluding hydrogens is 246 g/mol. The Kier molecular flexibility index (Phi) is 19.6. The van der Waals surface area contributed by atoms with Crippen LogP contribution in [0.25, 0.3) is 0 Å². The summed E-state index contributed by atoms with van der Waals surface area (Å²) in [4.78, 5) is 0. The summed E-state index contributed by atoms with van der Waals surface area (Å²) >= 11 is 0. The summed E-state index contributed by atoms with van der Waals surface area (Å²) in [5.74, 6) is 0. The van der Waals surface area contributed by atoms with Crippen LogP contribution in [0.3, 0.4) is 0 Å². The van der Waals surface area contributed by atoms with E-state index in [0.29, 0.717) is 0 Å². The highest BCUT2D eigenvalue weighted by molar-refractivity contribution is 4.47. The predicted octanol–water partition coefficient (Wildman–Crippen LogP) is -0.144. The molecule has 2 nitrogen and oxygen atoms in total. The first-order chi connectivity index (χ1) is 8.27. The van der Waals surface area contributed by atoms with Gasteiger partial charge >= 0.3 is 0 Å². The maximum atomic E-state index is 9.08. The molecule has 0 saturated carbocycles. The zero-order valence-electron chi connectivity index (χ0n) is 12.5. The van der Waals surface area contributed by atoms with Gasteiger partial charge < -0.3 is 22.8 Å². The molecule has 0 spiro atoms. The summed E-state index contributed by atoms with van der Waals surface area (Å²) < 4.78 is 0. The van der Waals surface area contributed by atoms with Crippen molar-refractivity contribution in [2.24, 2.45) is 0 Å². The minimum atomic E-state index is -0.155. The summed E-state index contributed by atoms with van der Waals surface area (Å²) in [5.41, 5.74) is 0. The molecule has 0 rings (SSSR count). The Hall–Kier alpha value is 0.210. The van der Waals surface area contributed by atoms with Gasteiger partial charge in [-0.05, 0) is 19.8 Å². The number of rotatable bonds is 13. The second kappa shape index (κ2) is 17.2. The van der Waals surface area contributed by atoms with Crippen molar-refractivity contribution >= 4 is 0 Å². The van der Waals surface area contributed by atoms with Crippen LogP contribution in [0.4, 0.5) is 0 Å². The quantitative estimate of drug-likeness (QED) is 0.452. The van der Waals surface area contributed by atoms with Crippen molar-refractivity contribution in [3.8, 4) is 0 Å². The van der Waals surface area contributed by atoms with Crippen LogP contribution in [0.1, 0.15) is 78.1 Å². The highest BCUT2D eigenvalue weighted by atomic mass is 35.5. The average molecular weight is 280 g/mol. The molecule has 0 aromatic rings. The first-order valence-electron chi connectivity index (χ1n) is 7.77. The molecule has 112 valence electrons. The number of hydrogen-bond acceptors (Lipinski definition) is 1. The number of nitrogens with two attached hydrogens (primary N) is 1. The van der Waals surface area contributed by atoms with E-state index in [1.165, 1.54) is 70.8 Å². The molecule has 3 heteroatoms. The Morgan fingerprint density at radius 3 is 1.72 bits per heavy atom. The molecule has 0 aliphatic rings. The lowest BCUT2D eigenvalue weighted by Gasteiger charge is -2.04. The summed E-state index contributed by atoms with van der Waals surface area (Å²) in [6.45, 7) is 6.17. The van der Waals surface area contributed by atoms with Crippen LogP contribution in [0.5, 0.6) is 0 Å². The van der Waals surface area contributed by atoms with Gasteiger partial charge in [0.15, 0.2) is 0 Å². The fraction of sp³-hybridized carbons (Fsp3) is 1.00. The Balaban J connectivity index is 0. The van der Waals surface area contributed by atoms with Gasteiger partial charge in [-0.15, -0.1) is 0 Å². The van der Waals surface area contributed by atoms with Crippen molar-refractivity contribution in [3.63, 3.8) is 0 Å². The summed E-state index contributed by atoms with van der Waals surface area (Å²) in [6.07, 6.45) is 13.9. The molecule has 3 N–H and O–H groups in total. The summed E-state index contributed by atoms with van der Waals surface area (Å²) in [7, 11) is 0. The summed E-state index contributed by atoms with van der Waals surface area (Å²) in [6, 6.07) is 0. The zero-order chi connectivity index (χ0) is 12.8. The normalized spacial score (nSPS) is 12.2. The van der Waals surface area contributed by atoms with Gasteiger partial charge in [0.1, 0.15) is 6.54 Å². The smallest absolute Gasteiger partial charge is 0.102 e. The minimum absolute atomic E-state index is 0. The van der Waals surface area contributed by atoms with Gasteiger partial charge in [0.05, 0.1) is 12.6 Å². The zero-order valence-corrected chi connectivity index (χ0v) is 13.2. The van der Waals surface area contributed by atoms with Crippen LogP contribution >= 0.6 is 0 Å². The van der Waals surface area contributed by atoms with Crippen molar-refractivity contribution in [2.75, 3.05) is 13.1 Å². The molecule has 0 amide bonds. The Bertz CT molecular complexity index is 142. The predicted molar refractivity (Wildman–Crippen MR) is 75.2 cm³/mol. The molecule has 0 radical (unpaired) electrons. The first-order valence-corrected chi connectivity index (χ1v) is 7.77. The second-order valence-corrected chi connectivity index (χ2v) is 5.34. The van der Waals surface area contributed by atoms with Gasteiger partial charge in [0.25, 0.3) is 0 Å². The number of quaternary nitrogens is 1. The molecule has 0 fully saturated rings. The molecule has 18 heavy (non-hydrogen) atoms. The molecule has 0 aliphatic heterocycles. The van der Waals surface area contributed by atoms with E-state index in [0.717, 1.165) is 6.54 Å². The van der Waals surface area contributed by atoms with Crippen molar-refractivity contribution in [3.05, 3.63) is 0 Å².